The van der Waals surface area contributed by atoms with E-state index in [0.717, 1.165) is 11.3 Å². The lowest BCUT2D eigenvalue weighted by atomic mass is 10.0. The second kappa shape index (κ2) is 6.06. The first kappa shape index (κ1) is 14.5. The number of nitrogens with zero attached hydrogens (tertiary/aromatic N) is 1. The fourth-order valence-corrected chi connectivity index (χ4v) is 2.15. The van der Waals surface area contributed by atoms with E-state index in [0.29, 0.717) is 11.8 Å². The van der Waals surface area contributed by atoms with Crippen LogP contribution in [-0.4, -0.2) is 4.98 Å². The molecule has 0 bridgehead atoms. The molecule has 0 aliphatic carbocycles. The molecule has 0 aliphatic heterocycles. The number of nitrogens with two attached hydrogens (primary N) is 1. The maximum absolute atomic E-state index is 6.05. The molecule has 0 spiro atoms. The maximum Gasteiger partial charge on any atom is 0.223 e. The highest BCUT2D eigenvalue weighted by Crippen LogP contribution is 2.33. The summed E-state index contributed by atoms with van der Waals surface area (Å²) in [5, 5.41) is 0. The molecule has 2 aromatic rings. The van der Waals surface area contributed by atoms with Crippen LogP contribution >= 0.6 is 0 Å². The quantitative estimate of drug-likeness (QED) is 0.899. The molecule has 2 rings (SSSR count). The van der Waals surface area contributed by atoms with Gasteiger partial charge in [0.05, 0.1) is 0 Å². The number of rotatable bonds is 4. The van der Waals surface area contributed by atoms with E-state index in [1.165, 1.54) is 11.1 Å². The van der Waals surface area contributed by atoms with E-state index in [1.807, 2.05) is 19.1 Å². The Kier molecular flexibility index (Phi) is 4.40. The van der Waals surface area contributed by atoms with Gasteiger partial charge in [0.15, 0.2) is 0 Å². The Morgan fingerprint density at radius 1 is 1.10 bits per heavy atom. The minimum atomic E-state index is -0.106. The molecule has 1 aromatic carbocycles. The third kappa shape index (κ3) is 3.17. The van der Waals surface area contributed by atoms with Gasteiger partial charge in [0.1, 0.15) is 5.75 Å². The van der Waals surface area contributed by atoms with Gasteiger partial charge in [-0.25, -0.2) is 4.98 Å². The summed E-state index contributed by atoms with van der Waals surface area (Å²) in [5.74, 6) is 1.85. The number of benzene rings is 1. The van der Waals surface area contributed by atoms with Crippen LogP contribution in [0.1, 0.15) is 49.4 Å². The molecule has 1 heterocycles. The van der Waals surface area contributed by atoms with Crippen molar-refractivity contribution in [1.82, 2.24) is 4.98 Å². The fraction of sp³-hybridized carbons (Fsp3) is 0.353. The molecular weight excluding hydrogens is 248 g/mol. The summed E-state index contributed by atoms with van der Waals surface area (Å²) in [6.45, 7) is 8.30. The maximum atomic E-state index is 6.05. The van der Waals surface area contributed by atoms with Gasteiger partial charge in [-0.3, -0.25) is 0 Å². The molecule has 0 amide bonds. The normalized spacial score (nSPS) is 12.5. The van der Waals surface area contributed by atoms with Crippen molar-refractivity contribution in [3.63, 3.8) is 0 Å². The topological polar surface area (TPSA) is 48.1 Å². The van der Waals surface area contributed by atoms with Crippen LogP contribution in [0.25, 0.3) is 0 Å². The van der Waals surface area contributed by atoms with Crippen LogP contribution in [0.4, 0.5) is 0 Å². The molecule has 1 atom stereocenters. The van der Waals surface area contributed by atoms with Crippen molar-refractivity contribution >= 4 is 0 Å². The Hall–Kier alpha value is -1.87. The minimum Gasteiger partial charge on any atom is -0.438 e. The van der Waals surface area contributed by atoms with Crippen molar-refractivity contribution in [3.05, 3.63) is 53.2 Å². The van der Waals surface area contributed by atoms with E-state index >= 15 is 0 Å². The van der Waals surface area contributed by atoms with Gasteiger partial charge in [0, 0.05) is 17.8 Å². The molecule has 106 valence electrons. The highest BCUT2D eigenvalue weighted by Gasteiger charge is 2.13. The average molecular weight is 270 g/mol. The largest absolute Gasteiger partial charge is 0.438 e. The monoisotopic (exact) mass is 270 g/mol. The van der Waals surface area contributed by atoms with Crippen molar-refractivity contribution in [1.29, 1.82) is 0 Å². The van der Waals surface area contributed by atoms with Crippen molar-refractivity contribution in [2.24, 2.45) is 5.73 Å². The Bertz CT molecular complexity index is 591. The predicted octanol–water partition coefficient (Wildman–Crippen LogP) is 4.33. The predicted molar refractivity (Wildman–Crippen MR) is 82.2 cm³/mol. The molecular formula is C17H22N2O. The summed E-state index contributed by atoms with van der Waals surface area (Å²) in [6, 6.07) is 10.0. The molecule has 2 N–H and O–H groups in total. The average Bonchev–Trinajstić information content (AvgIpc) is 2.38. The summed E-state index contributed by atoms with van der Waals surface area (Å²) >= 11 is 0. The highest BCUT2D eigenvalue weighted by molar-refractivity contribution is 5.42. The summed E-state index contributed by atoms with van der Waals surface area (Å²) in [6.07, 6.45) is 1.73. The van der Waals surface area contributed by atoms with E-state index in [2.05, 4.69) is 44.0 Å². The lowest BCUT2D eigenvalue weighted by Crippen LogP contribution is -2.08. The molecule has 0 fully saturated rings. The van der Waals surface area contributed by atoms with Crippen LogP contribution in [-0.2, 0) is 0 Å². The lowest BCUT2D eigenvalue weighted by Gasteiger charge is -2.17. The van der Waals surface area contributed by atoms with Gasteiger partial charge in [-0.15, -0.1) is 0 Å². The van der Waals surface area contributed by atoms with Crippen molar-refractivity contribution in [2.45, 2.75) is 39.7 Å². The number of pyridine rings is 1. The molecule has 3 nitrogen and oxygen atoms in total. The first-order valence-electron chi connectivity index (χ1n) is 6.98. The summed E-state index contributed by atoms with van der Waals surface area (Å²) in [7, 11) is 0. The molecule has 0 radical (unpaired) electrons. The number of hydrogen-bond acceptors (Lipinski definition) is 3. The van der Waals surface area contributed by atoms with Crippen molar-refractivity contribution < 1.29 is 4.74 Å². The molecule has 0 saturated carbocycles. The van der Waals surface area contributed by atoms with Crippen molar-refractivity contribution in [2.75, 3.05) is 0 Å². The minimum absolute atomic E-state index is 0.106. The summed E-state index contributed by atoms with van der Waals surface area (Å²) in [4.78, 5) is 4.32. The van der Waals surface area contributed by atoms with Gasteiger partial charge in [-0.05, 0) is 43.0 Å². The van der Waals surface area contributed by atoms with Crippen LogP contribution in [0.15, 0.2) is 36.5 Å². The van der Waals surface area contributed by atoms with E-state index in [4.69, 9.17) is 10.5 Å². The zero-order valence-electron chi connectivity index (χ0n) is 12.6. The Balaban J connectivity index is 2.42. The molecule has 3 heteroatoms. The molecule has 20 heavy (non-hydrogen) atoms. The molecule has 0 unspecified atom stereocenters. The van der Waals surface area contributed by atoms with Crippen LogP contribution < -0.4 is 10.5 Å². The number of aryl methyl sites for hydroxylation is 1. The van der Waals surface area contributed by atoms with Gasteiger partial charge in [-0.2, -0.15) is 0 Å². The van der Waals surface area contributed by atoms with Gasteiger partial charge < -0.3 is 10.5 Å². The number of aromatic nitrogens is 1. The SMILES string of the molecule is Cc1ccc(C(C)C)c(Oc2ncccc2[C@@H](C)N)c1. The fourth-order valence-electron chi connectivity index (χ4n) is 2.15. The lowest BCUT2D eigenvalue weighted by molar-refractivity contribution is 0.444. The van der Waals surface area contributed by atoms with Gasteiger partial charge in [0.25, 0.3) is 0 Å². The second-order valence-electron chi connectivity index (χ2n) is 5.48. The third-order valence-corrected chi connectivity index (χ3v) is 3.29. The first-order valence-corrected chi connectivity index (χ1v) is 6.98. The van der Waals surface area contributed by atoms with Crippen LogP contribution in [0.3, 0.4) is 0 Å². The van der Waals surface area contributed by atoms with E-state index in [9.17, 15) is 0 Å². The number of hydrogen-bond donors (Lipinski definition) is 1. The van der Waals surface area contributed by atoms with E-state index in [1.54, 1.807) is 6.20 Å². The summed E-state index contributed by atoms with van der Waals surface area (Å²) in [5.41, 5.74) is 9.24. The zero-order chi connectivity index (χ0) is 14.7. The van der Waals surface area contributed by atoms with Crippen LogP contribution in [0.5, 0.6) is 11.6 Å². The molecule has 1 aromatic heterocycles. The summed E-state index contributed by atoms with van der Waals surface area (Å²) < 4.78 is 6.05. The van der Waals surface area contributed by atoms with Gasteiger partial charge in [0.2, 0.25) is 5.88 Å². The van der Waals surface area contributed by atoms with Crippen LogP contribution in [0, 0.1) is 6.92 Å². The van der Waals surface area contributed by atoms with Crippen molar-refractivity contribution in [3.8, 4) is 11.6 Å². The molecule has 0 aliphatic rings. The number of ether oxygens (including phenoxy) is 1. The van der Waals surface area contributed by atoms with Gasteiger partial charge >= 0.3 is 0 Å². The van der Waals surface area contributed by atoms with E-state index in [-0.39, 0.29) is 6.04 Å². The smallest absolute Gasteiger partial charge is 0.223 e. The zero-order valence-corrected chi connectivity index (χ0v) is 12.6. The molecule has 0 saturated heterocycles. The third-order valence-electron chi connectivity index (χ3n) is 3.29. The second-order valence-corrected chi connectivity index (χ2v) is 5.48. The Morgan fingerprint density at radius 2 is 1.85 bits per heavy atom. The standard InChI is InChI=1S/C17H22N2O/c1-11(2)14-8-7-12(3)10-16(14)20-17-15(13(4)18)6-5-9-19-17/h5-11,13H,18H2,1-4H3/t13-/m1/s1. The Labute approximate surface area is 120 Å². The van der Waals surface area contributed by atoms with Crippen LogP contribution in [0.2, 0.25) is 0 Å². The highest BCUT2D eigenvalue weighted by atomic mass is 16.5. The first-order chi connectivity index (χ1) is 9.49. The van der Waals surface area contributed by atoms with Gasteiger partial charge in [-0.1, -0.05) is 32.0 Å². The Morgan fingerprint density at radius 3 is 2.50 bits per heavy atom. The van der Waals surface area contributed by atoms with E-state index < -0.39 is 0 Å².